The number of allylic oxidation sites excluding steroid dienone is 1. The second-order valence-electron chi connectivity index (χ2n) is 11.6. The van der Waals surface area contributed by atoms with Gasteiger partial charge in [0.25, 0.3) is 0 Å². The third kappa shape index (κ3) is 7.15. The van der Waals surface area contributed by atoms with Gasteiger partial charge in [0.05, 0.1) is 16.0 Å². The van der Waals surface area contributed by atoms with Crippen LogP contribution in [-0.2, 0) is 0 Å². The Hall–Kier alpha value is -3.71. The van der Waals surface area contributed by atoms with E-state index >= 15 is 0 Å². The number of benzene rings is 2. The summed E-state index contributed by atoms with van der Waals surface area (Å²) in [6.45, 7) is 4.27. The topological polar surface area (TPSA) is 128 Å². The van der Waals surface area contributed by atoms with Crippen LogP contribution in [0.5, 0.6) is 5.75 Å². The van der Waals surface area contributed by atoms with Crippen LogP contribution in [0.4, 0.5) is 22.7 Å². The highest BCUT2D eigenvalue weighted by atomic mass is 32.1. The van der Waals surface area contributed by atoms with Crippen LogP contribution in [-0.4, -0.2) is 51.9 Å². The van der Waals surface area contributed by atoms with E-state index in [-0.39, 0.29) is 70.1 Å². The monoisotopic (exact) mass is 634 g/mol. The molecule has 2 aliphatic carbocycles. The molecule has 0 amide bonds. The molecule has 5 N–H and O–H groups in total. The number of thiazole rings is 1. The summed E-state index contributed by atoms with van der Waals surface area (Å²) in [5.74, 6) is -2.16. The highest BCUT2D eigenvalue weighted by Crippen LogP contribution is 2.39. The van der Waals surface area contributed by atoms with Crippen molar-refractivity contribution in [3.8, 4) is 5.75 Å². The Morgan fingerprint density at radius 2 is 1.91 bits per heavy atom. The van der Waals surface area contributed by atoms with Crippen molar-refractivity contribution in [2.75, 3.05) is 11.9 Å². The number of anilines is 1. The number of alkyl halides is 3. The molecule has 2 saturated carbocycles. The van der Waals surface area contributed by atoms with Crippen molar-refractivity contribution in [3.63, 3.8) is 0 Å². The van der Waals surface area contributed by atoms with E-state index in [9.17, 15) is 32.6 Å². The number of hydrogen-bond acceptors (Lipinski definition) is 8. The minimum absolute atomic E-state index is 0.00964. The molecule has 236 valence electrons. The summed E-state index contributed by atoms with van der Waals surface area (Å²) in [5.41, 5.74) is -0.0281. The number of carboxylic acids is 1. The summed E-state index contributed by atoms with van der Waals surface area (Å²) in [6.07, 6.45) is -1.11. The van der Waals surface area contributed by atoms with Crippen LogP contribution < -0.4 is 15.4 Å². The lowest BCUT2D eigenvalue weighted by atomic mass is 9.74. The van der Waals surface area contributed by atoms with Crippen LogP contribution in [0.2, 0.25) is 0 Å². The second-order valence-corrected chi connectivity index (χ2v) is 12.6. The van der Waals surface area contributed by atoms with Gasteiger partial charge in [0.2, 0.25) is 0 Å². The number of aliphatic hydroxyl groups is 1. The molecule has 3 aromatic rings. The minimum Gasteiger partial charge on any atom is -0.512 e. The van der Waals surface area contributed by atoms with Crippen molar-refractivity contribution in [2.45, 2.75) is 64.4 Å². The molecule has 0 aliphatic heterocycles. The predicted octanol–water partition coefficient (Wildman–Crippen LogP) is 7.52. The average Bonchev–Trinajstić information content (AvgIpc) is 3.73. The number of aromatic nitrogens is 1. The van der Waals surface area contributed by atoms with Gasteiger partial charge in [-0.3, -0.25) is 5.41 Å². The molecule has 0 spiro atoms. The van der Waals surface area contributed by atoms with E-state index in [0.717, 1.165) is 44.2 Å². The number of carbonyl (C=O) groups is 1. The summed E-state index contributed by atoms with van der Waals surface area (Å²) in [7, 11) is 0. The standard InChI is InChI=1S/C31H34F4N4O4S/c1-3-16-11-19(10-15(2)26(16)38-30-39-27-22(32)12-18(29(41)42)13-24(27)44-30)37-14-21(28(40)17-8-9-17)25(36)20-6-4-5-7-23(20)43-31(33,34)35/h4-7,12-13,15-17,19,26,36-37,40H,3,8-11,14H2,1-2H3,(H,38,39)(H,41,42)/b28-21-,36-25?. The van der Waals surface area contributed by atoms with Gasteiger partial charge in [0.1, 0.15) is 17.0 Å². The lowest BCUT2D eigenvalue weighted by molar-refractivity contribution is -0.274. The molecule has 4 unspecified atom stereocenters. The van der Waals surface area contributed by atoms with Gasteiger partial charge in [0, 0.05) is 35.7 Å². The van der Waals surface area contributed by atoms with Crippen molar-refractivity contribution in [3.05, 3.63) is 64.7 Å². The number of rotatable bonds is 11. The molecular formula is C31H34F4N4O4S. The number of ether oxygens (including phenoxy) is 1. The van der Waals surface area contributed by atoms with Gasteiger partial charge in [-0.1, -0.05) is 43.7 Å². The zero-order valence-electron chi connectivity index (χ0n) is 24.2. The quantitative estimate of drug-likeness (QED) is 0.0839. The summed E-state index contributed by atoms with van der Waals surface area (Å²) in [6, 6.07) is 7.87. The van der Waals surface area contributed by atoms with Crippen molar-refractivity contribution in [1.29, 1.82) is 5.41 Å². The Bertz CT molecular complexity index is 1590. The molecule has 2 aliphatic rings. The largest absolute Gasteiger partial charge is 0.573 e. The summed E-state index contributed by atoms with van der Waals surface area (Å²) < 4.78 is 58.3. The fourth-order valence-corrected chi connectivity index (χ4v) is 7.00. The predicted molar refractivity (Wildman–Crippen MR) is 160 cm³/mol. The van der Waals surface area contributed by atoms with E-state index in [2.05, 4.69) is 34.2 Å². The highest BCUT2D eigenvalue weighted by Gasteiger charge is 2.37. The number of nitrogens with one attached hydrogen (secondary N) is 3. The number of para-hydroxylation sites is 1. The summed E-state index contributed by atoms with van der Waals surface area (Å²) in [4.78, 5) is 15.7. The number of aromatic carboxylic acids is 1. The fourth-order valence-electron chi connectivity index (χ4n) is 6.04. The Morgan fingerprint density at radius 3 is 2.57 bits per heavy atom. The van der Waals surface area contributed by atoms with Gasteiger partial charge in [-0.15, -0.1) is 13.2 Å². The van der Waals surface area contributed by atoms with Gasteiger partial charge < -0.3 is 25.6 Å². The molecular weight excluding hydrogens is 600 g/mol. The molecule has 5 rings (SSSR count). The van der Waals surface area contributed by atoms with Crippen molar-refractivity contribution >= 4 is 38.4 Å². The highest BCUT2D eigenvalue weighted by molar-refractivity contribution is 7.22. The molecule has 44 heavy (non-hydrogen) atoms. The Balaban J connectivity index is 1.30. The van der Waals surface area contributed by atoms with Gasteiger partial charge in [-0.2, -0.15) is 0 Å². The SMILES string of the molecule is CCC1CC(NC/C(C(=N)c2ccccc2OC(F)(F)F)=C(/O)C2CC2)CC(C)C1Nc1nc2c(F)cc(C(=O)O)cc2s1. The van der Waals surface area contributed by atoms with Crippen LogP contribution in [0.3, 0.4) is 0 Å². The second kappa shape index (κ2) is 12.7. The molecule has 0 radical (unpaired) electrons. The van der Waals surface area contributed by atoms with E-state index in [1.165, 1.54) is 35.6 Å². The van der Waals surface area contributed by atoms with Crippen molar-refractivity contribution in [2.24, 2.45) is 17.8 Å². The number of hydrogen-bond donors (Lipinski definition) is 5. The average molecular weight is 635 g/mol. The van der Waals surface area contributed by atoms with E-state index < -0.39 is 23.9 Å². The Labute approximate surface area is 255 Å². The maximum Gasteiger partial charge on any atom is 0.573 e. The van der Waals surface area contributed by atoms with E-state index in [4.69, 9.17) is 5.41 Å². The van der Waals surface area contributed by atoms with Crippen LogP contribution in [0.1, 0.15) is 61.9 Å². The van der Waals surface area contributed by atoms with Gasteiger partial charge in [0.15, 0.2) is 10.9 Å². The Morgan fingerprint density at radius 1 is 1.18 bits per heavy atom. The van der Waals surface area contributed by atoms with Crippen molar-refractivity contribution < 1.29 is 37.3 Å². The normalized spacial score (nSPS) is 22.9. The number of nitrogens with zero attached hydrogens (tertiary/aromatic N) is 1. The zero-order valence-corrected chi connectivity index (χ0v) is 25.0. The maximum atomic E-state index is 14.5. The molecule has 13 heteroatoms. The first-order valence-electron chi connectivity index (χ1n) is 14.5. The molecule has 2 fully saturated rings. The first-order valence-corrected chi connectivity index (χ1v) is 15.4. The van der Waals surface area contributed by atoms with Crippen LogP contribution in [0, 0.1) is 29.0 Å². The number of carboxylic acid groups (broad SMARTS) is 1. The van der Waals surface area contributed by atoms with Gasteiger partial charge >= 0.3 is 12.3 Å². The molecule has 8 nitrogen and oxygen atoms in total. The Kier molecular flexibility index (Phi) is 9.17. The molecule has 1 heterocycles. The molecule has 0 bridgehead atoms. The first-order chi connectivity index (χ1) is 20.8. The van der Waals surface area contributed by atoms with E-state index in [1.807, 2.05) is 0 Å². The van der Waals surface area contributed by atoms with Crippen LogP contribution >= 0.6 is 11.3 Å². The summed E-state index contributed by atoms with van der Waals surface area (Å²) >= 11 is 1.20. The number of halogens is 4. The van der Waals surface area contributed by atoms with Gasteiger partial charge in [-0.25, -0.2) is 14.2 Å². The lowest BCUT2D eigenvalue weighted by Gasteiger charge is -2.41. The van der Waals surface area contributed by atoms with E-state index in [1.54, 1.807) is 0 Å². The number of fused-ring (bicyclic) bond motifs is 1. The fraction of sp³-hybridized carbons (Fsp3) is 0.452. The molecule has 4 atom stereocenters. The smallest absolute Gasteiger partial charge is 0.512 e. The van der Waals surface area contributed by atoms with Crippen molar-refractivity contribution in [1.82, 2.24) is 10.3 Å². The van der Waals surface area contributed by atoms with E-state index in [0.29, 0.717) is 9.83 Å². The lowest BCUT2D eigenvalue weighted by Crippen LogP contribution is -2.48. The third-order valence-corrected chi connectivity index (χ3v) is 9.33. The van der Waals surface area contributed by atoms with Crippen LogP contribution in [0.15, 0.2) is 47.7 Å². The number of aliphatic hydroxyl groups excluding tert-OH is 1. The third-order valence-electron chi connectivity index (χ3n) is 8.40. The first kappa shape index (κ1) is 31.7. The van der Waals surface area contributed by atoms with Gasteiger partial charge in [-0.05, 0) is 61.8 Å². The molecule has 0 saturated heterocycles. The van der Waals surface area contributed by atoms with Crippen LogP contribution in [0.25, 0.3) is 10.2 Å². The molecule has 2 aromatic carbocycles. The summed E-state index contributed by atoms with van der Waals surface area (Å²) in [5, 5.41) is 36.5. The minimum atomic E-state index is -4.92. The zero-order chi connectivity index (χ0) is 31.8. The molecule has 1 aromatic heterocycles. The maximum absolute atomic E-state index is 14.5.